The summed E-state index contributed by atoms with van der Waals surface area (Å²) in [5.41, 5.74) is 12.8. The van der Waals surface area contributed by atoms with Crippen molar-refractivity contribution >= 4 is 33.5 Å². The van der Waals surface area contributed by atoms with E-state index in [0.29, 0.717) is 5.56 Å². The molecule has 0 heterocycles. The Balaban J connectivity index is 1.78. The smallest absolute Gasteiger partial charge is 0.185 e. The third kappa shape index (κ3) is 4.42. The standard InChI is InChI=1S/C27H20BrNO/c28-22-10-6-9-21(18-22)25-17-19(14-16-27(30)20-7-2-1-3-8-20)13-15-23(25)24-11-4-5-12-26(24)29/h1-18H,29H2. The monoisotopic (exact) mass is 453 g/mol. The van der Waals surface area contributed by atoms with Gasteiger partial charge >= 0.3 is 0 Å². The van der Waals surface area contributed by atoms with Crippen LogP contribution in [0.3, 0.4) is 0 Å². The van der Waals surface area contributed by atoms with E-state index in [4.69, 9.17) is 5.73 Å². The fraction of sp³-hybridized carbons (Fsp3) is 0. The SMILES string of the molecule is Nc1ccccc1-c1ccc(C=CC(=O)c2ccccc2)cc1-c1cccc(Br)c1. The van der Waals surface area contributed by atoms with Gasteiger partial charge in [0.15, 0.2) is 5.78 Å². The van der Waals surface area contributed by atoms with Crippen molar-refractivity contribution in [1.82, 2.24) is 0 Å². The second-order valence-corrected chi connectivity index (χ2v) is 7.88. The molecule has 4 aromatic rings. The topological polar surface area (TPSA) is 43.1 Å². The Kier molecular flexibility index (Phi) is 5.92. The lowest BCUT2D eigenvalue weighted by Gasteiger charge is -2.14. The molecule has 0 bridgehead atoms. The molecule has 0 saturated carbocycles. The Morgan fingerprint density at radius 3 is 2.27 bits per heavy atom. The third-order valence-electron chi connectivity index (χ3n) is 4.92. The molecule has 0 aliphatic rings. The zero-order valence-corrected chi connectivity index (χ0v) is 17.8. The first-order valence-corrected chi connectivity index (χ1v) is 10.4. The number of benzene rings is 4. The minimum Gasteiger partial charge on any atom is -0.398 e. The maximum absolute atomic E-state index is 12.4. The second kappa shape index (κ2) is 8.93. The van der Waals surface area contributed by atoms with Crippen LogP contribution in [0.15, 0.2) is 108 Å². The third-order valence-corrected chi connectivity index (χ3v) is 5.41. The highest BCUT2D eigenvalue weighted by Gasteiger charge is 2.11. The van der Waals surface area contributed by atoms with Crippen molar-refractivity contribution in [1.29, 1.82) is 0 Å². The van der Waals surface area contributed by atoms with Crippen LogP contribution in [0.1, 0.15) is 15.9 Å². The molecule has 0 saturated heterocycles. The summed E-state index contributed by atoms with van der Waals surface area (Å²) in [7, 11) is 0. The highest BCUT2D eigenvalue weighted by molar-refractivity contribution is 9.10. The van der Waals surface area contributed by atoms with Crippen molar-refractivity contribution in [3.05, 3.63) is 119 Å². The first-order valence-electron chi connectivity index (χ1n) is 9.64. The van der Waals surface area contributed by atoms with Gasteiger partial charge in [-0.2, -0.15) is 0 Å². The molecule has 0 radical (unpaired) electrons. The molecule has 2 nitrogen and oxygen atoms in total. The summed E-state index contributed by atoms with van der Waals surface area (Å²) in [5, 5.41) is 0. The number of nitrogen functional groups attached to an aromatic ring is 1. The lowest BCUT2D eigenvalue weighted by atomic mass is 9.92. The van der Waals surface area contributed by atoms with Crippen LogP contribution in [0, 0.1) is 0 Å². The van der Waals surface area contributed by atoms with Gasteiger partial charge in [0.05, 0.1) is 0 Å². The van der Waals surface area contributed by atoms with Gasteiger partial charge < -0.3 is 5.73 Å². The minimum atomic E-state index is -0.0176. The Bertz CT molecular complexity index is 1230. The van der Waals surface area contributed by atoms with Crippen LogP contribution in [-0.4, -0.2) is 5.78 Å². The van der Waals surface area contributed by atoms with Crippen molar-refractivity contribution < 1.29 is 4.79 Å². The van der Waals surface area contributed by atoms with Crippen molar-refractivity contribution in [2.75, 3.05) is 5.73 Å². The van der Waals surface area contributed by atoms with E-state index in [-0.39, 0.29) is 5.78 Å². The van der Waals surface area contributed by atoms with Gasteiger partial charge in [-0.25, -0.2) is 0 Å². The lowest BCUT2D eigenvalue weighted by Crippen LogP contribution is -1.94. The zero-order valence-electron chi connectivity index (χ0n) is 16.3. The summed E-state index contributed by atoms with van der Waals surface area (Å²) >= 11 is 3.57. The molecule has 3 heteroatoms. The highest BCUT2D eigenvalue weighted by Crippen LogP contribution is 2.36. The normalized spacial score (nSPS) is 11.0. The summed E-state index contributed by atoms with van der Waals surface area (Å²) in [6, 6.07) is 31.5. The fourth-order valence-electron chi connectivity index (χ4n) is 3.41. The van der Waals surface area contributed by atoms with Gasteiger partial charge in [-0.05, 0) is 52.6 Å². The maximum Gasteiger partial charge on any atom is 0.185 e. The van der Waals surface area contributed by atoms with Crippen LogP contribution >= 0.6 is 15.9 Å². The van der Waals surface area contributed by atoms with Gasteiger partial charge in [0, 0.05) is 21.3 Å². The average Bonchev–Trinajstić information content (AvgIpc) is 2.78. The molecule has 30 heavy (non-hydrogen) atoms. The molecule has 0 fully saturated rings. The number of hydrogen-bond donors (Lipinski definition) is 1. The quantitative estimate of drug-likeness (QED) is 0.196. The molecule has 0 amide bonds. The van der Waals surface area contributed by atoms with Gasteiger partial charge in [0.25, 0.3) is 0 Å². The van der Waals surface area contributed by atoms with E-state index in [0.717, 1.165) is 38.0 Å². The van der Waals surface area contributed by atoms with Crippen molar-refractivity contribution in [2.45, 2.75) is 0 Å². The van der Waals surface area contributed by atoms with Crippen LogP contribution in [0.25, 0.3) is 28.3 Å². The molecule has 0 aliphatic heterocycles. The lowest BCUT2D eigenvalue weighted by molar-refractivity contribution is 0.104. The molecule has 2 N–H and O–H groups in total. The maximum atomic E-state index is 12.4. The fourth-order valence-corrected chi connectivity index (χ4v) is 3.81. The molecule has 4 aromatic carbocycles. The van der Waals surface area contributed by atoms with Crippen LogP contribution in [0.4, 0.5) is 5.69 Å². The van der Waals surface area contributed by atoms with E-state index in [1.807, 2.05) is 78.9 Å². The van der Waals surface area contributed by atoms with Crippen LogP contribution in [0.2, 0.25) is 0 Å². The van der Waals surface area contributed by atoms with Crippen LogP contribution in [0.5, 0.6) is 0 Å². The van der Waals surface area contributed by atoms with Gasteiger partial charge in [-0.3, -0.25) is 4.79 Å². The van der Waals surface area contributed by atoms with Gasteiger partial charge in [0.1, 0.15) is 0 Å². The Hall–Kier alpha value is -3.43. The minimum absolute atomic E-state index is 0.0176. The van der Waals surface area contributed by atoms with Gasteiger partial charge in [-0.15, -0.1) is 0 Å². The molecule has 0 aromatic heterocycles. The summed E-state index contributed by atoms with van der Waals surface area (Å²) in [4.78, 5) is 12.4. The Morgan fingerprint density at radius 1 is 0.733 bits per heavy atom. The van der Waals surface area contributed by atoms with E-state index in [1.165, 1.54) is 0 Å². The van der Waals surface area contributed by atoms with E-state index in [2.05, 4.69) is 40.2 Å². The molecule has 0 aliphatic carbocycles. The highest BCUT2D eigenvalue weighted by atomic mass is 79.9. The molecular formula is C27H20BrNO. The number of anilines is 1. The number of rotatable bonds is 5. The number of ketones is 1. The molecule has 0 spiro atoms. The number of carbonyl (C=O) groups is 1. The predicted octanol–water partition coefficient (Wildman–Crippen LogP) is 7.26. The van der Waals surface area contributed by atoms with E-state index < -0.39 is 0 Å². The number of hydrogen-bond acceptors (Lipinski definition) is 2. The number of para-hydroxylation sites is 1. The molecule has 146 valence electrons. The van der Waals surface area contributed by atoms with Crippen molar-refractivity contribution in [3.8, 4) is 22.3 Å². The van der Waals surface area contributed by atoms with Crippen LogP contribution in [-0.2, 0) is 0 Å². The molecular weight excluding hydrogens is 434 g/mol. The number of halogens is 1. The van der Waals surface area contributed by atoms with Crippen molar-refractivity contribution in [2.24, 2.45) is 0 Å². The first-order chi connectivity index (χ1) is 14.6. The number of allylic oxidation sites excluding steroid dienone is 1. The van der Waals surface area contributed by atoms with Gasteiger partial charge in [0.2, 0.25) is 0 Å². The Morgan fingerprint density at radius 2 is 1.50 bits per heavy atom. The largest absolute Gasteiger partial charge is 0.398 e. The van der Waals surface area contributed by atoms with E-state index in [1.54, 1.807) is 6.08 Å². The molecule has 0 atom stereocenters. The van der Waals surface area contributed by atoms with E-state index >= 15 is 0 Å². The summed E-state index contributed by atoms with van der Waals surface area (Å²) in [6.07, 6.45) is 3.47. The molecule has 4 rings (SSSR count). The second-order valence-electron chi connectivity index (χ2n) is 6.97. The van der Waals surface area contributed by atoms with Crippen LogP contribution < -0.4 is 5.73 Å². The first kappa shape index (κ1) is 19.9. The summed E-state index contributed by atoms with van der Waals surface area (Å²) < 4.78 is 1.01. The van der Waals surface area contributed by atoms with Crippen molar-refractivity contribution in [3.63, 3.8) is 0 Å². The van der Waals surface area contributed by atoms with Gasteiger partial charge in [-0.1, -0.05) is 94.8 Å². The summed E-state index contributed by atoms with van der Waals surface area (Å²) in [6.45, 7) is 0. The number of carbonyl (C=O) groups excluding carboxylic acids is 1. The van der Waals surface area contributed by atoms with E-state index in [9.17, 15) is 4.79 Å². The molecule has 0 unspecified atom stereocenters. The number of nitrogens with two attached hydrogens (primary N) is 1. The zero-order chi connectivity index (χ0) is 20.9. The predicted molar refractivity (Wildman–Crippen MR) is 129 cm³/mol. The summed E-state index contributed by atoms with van der Waals surface area (Å²) in [5.74, 6) is -0.0176. The average molecular weight is 454 g/mol. The Labute approximate surface area is 184 Å².